The van der Waals surface area contributed by atoms with E-state index in [1.54, 1.807) is 0 Å². The molecule has 0 fully saturated rings. The van der Waals surface area contributed by atoms with E-state index in [0.29, 0.717) is 18.2 Å². The van der Waals surface area contributed by atoms with Crippen LogP contribution < -0.4 is 5.32 Å². The van der Waals surface area contributed by atoms with E-state index in [-0.39, 0.29) is 10.9 Å². The van der Waals surface area contributed by atoms with Crippen molar-refractivity contribution in [3.63, 3.8) is 0 Å². The number of nitrogens with zero attached hydrogens (tertiary/aromatic N) is 2. The predicted molar refractivity (Wildman–Crippen MR) is 169 cm³/mol. The number of azo groups is 1. The van der Waals surface area contributed by atoms with Crippen molar-refractivity contribution in [3.05, 3.63) is 78.4 Å². The van der Waals surface area contributed by atoms with Gasteiger partial charge in [-0.25, -0.2) is 0 Å². The standard InChI is InChI=1S/C27H19N3O15S4/c31-20-6-2-1-4-17(20)27(33)28-19-12-14(46(34,35)36)10-13-11-22(48(40,41)42)24(25(32)23(13)19)30-29-18-9-8-15-16(26(18)49(43,44)45)5-3-7-21(15)47(37,38)39/h1-12,31-32H,(H,28,33)(H,34,35,36)(H,37,38,39)(H,40,41,42)(H,43,44,45). The molecular weight excluding hydrogens is 735 g/mol. The number of para-hydroxylation sites is 1. The van der Waals surface area contributed by atoms with E-state index in [4.69, 9.17) is 0 Å². The summed E-state index contributed by atoms with van der Waals surface area (Å²) in [7, 11) is -20.6. The third-order valence-corrected chi connectivity index (χ3v) is 10.4. The molecule has 0 spiro atoms. The van der Waals surface area contributed by atoms with Crippen molar-refractivity contribution in [2.75, 3.05) is 5.32 Å². The van der Waals surface area contributed by atoms with E-state index >= 15 is 0 Å². The monoisotopic (exact) mass is 753 g/mol. The fraction of sp³-hybridized carbons (Fsp3) is 0. The number of rotatable bonds is 8. The molecule has 0 saturated heterocycles. The second-order valence-electron chi connectivity index (χ2n) is 9.98. The van der Waals surface area contributed by atoms with Gasteiger partial charge in [0, 0.05) is 16.2 Å². The zero-order chi connectivity index (χ0) is 36.3. The first-order valence-corrected chi connectivity index (χ1v) is 18.7. The number of benzene rings is 5. The van der Waals surface area contributed by atoms with Gasteiger partial charge in [0.05, 0.1) is 16.1 Å². The highest BCUT2D eigenvalue weighted by molar-refractivity contribution is 7.87. The van der Waals surface area contributed by atoms with Gasteiger partial charge in [0.25, 0.3) is 46.4 Å². The maximum Gasteiger partial charge on any atom is 0.297 e. The molecule has 1 amide bonds. The summed E-state index contributed by atoms with van der Waals surface area (Å²) >= 11 is 0. The van der Waals surface area contributed by atoms with Crippen molar-refractivity contribution in [2.45, 2.75) is 19.6 Å². The SMILES string of the molecule is O=C(Nc1cc(S(=O)(=O)O)cc2cc(S(=O)(=O)O)c(N=Nc3ccc4c(S(=O)(=O)O)cccc4c3S(=O)(=O)O)c(O)c12)c1ccccc1O. The fourth-order valence-electron chi connectivity index (χ4n) is 4.82. The summed E-state index contributed by atoms with van der Waals surface area (Å²) < 4.78 is 137. The van der Waals surface area contributed by atoms with E-state index in [9.17, 15) is 66.9 Å². The molecule has 0 aliphatic heterocycles. The molecule has 0 aliphatic carbocycles. The van der Waals surface area contributed by atoms with Crippen LogP contribution >= 0.6 is 0 Å². The van der Waals surface area contributed by atoms with Gasteiger partial charge in [-0.05, 0) is 47.9 Å². The lowest BCUT2D eigenvalue weighted by Gasteiger charge is -2.15. The highest BCUT2D eigenvalue weighted by atomic mass is 32.2. The lowest BCUT2D eigenvalue weighted by atomic mass is 10.1. The number of amides is 1. The van der Waals surface area contributed by atoms with Gasteiger partial charge < -0.3 is 15.5 Å². The molecule has 5 rings (SSSR count). The Labute approximate surface area is 276 Å². The minimum absolute atomic E-state index is 0.340. The minimum Gasteiger partial charge on any atom is -0.507 e. The summed E-state index contributed by atoms with van der Waals surface area (Å²) in [6, 6.07) is 11.8. The number of hydrogen-bond donors (Lipinski definition) is 7. The number of carbonyl (C=O) groups is 1. The molecule has 49 heavy (non-hydrogen) atoms. The number of anilines is 1. The molecule has 5 aromatic rings. The van der Waals surface area contributed by atoms with E-state index in [1.165, 1.54) is 18.2 Å². The Morgan fingerprint density at radius 1 is 0.633 bits per heavy atom. The summed E-state index contributed by atoms with van der Waals surface area (Å²) in [4.78, 5) is 9.05. The molecule has 256 valence electrons. The summed E-state index contributed by atoms with van der Waals surface area (Å²) in [5.74, 6) is -2.80. The highest BCUT2D eigenvalue weighted by Gasteiger charge is 2.28. The second kappa shape index (κ2) is 12.1. The van der Waals surface area contributed by atoms with Crippen LogP contribution in [0, 0.1) is 0 Å². The Bertz CT molecular complexity index is 2730. The van der Waals surface area contributed by atoms with Gasteiger partial charge in [0.2, 0.25) is 0 Å². The molecule has 22 heteroatoms. The van der Waals surface area contributed by atoms with Gasteiger partial charge in [-0.1, -0.05) is 30.3 Å². The highest BCUT2D eigenvalue weighted by Crippen LogP contribution is 2.46. The van der Waals surface area contributed by atoms with Crippen molar-refractivity contribution >= 4 is 85.0 Å². The van der Waals surface area contributed by atoms with Crippen LogP contribution in [0.15, 0.2) is 103 Å². The average Bonchev–Trinajstić information content (AvgIpc) is 2.97. The van der Waals surface area contributed by atoms with E-state index in [1.807, 2.05) is 0 Å². The number of phenols is 2. The van der Waals surface area contributed by atoms with Gasteiger partial charge in [-0.3, -0.25) is 23.0 Å². The molecule has 0 radical (unpaired) electrons. The minimum atomic E-state index is -5.39. The second-order valence-corrected chi connectivity index (χ2v) is 15.5. The van der Waals surface area contributed by atoms with Crippen LogP contribution in [0.3, 0.4) is 0 Å². The first-order chi connectivity index (χ1) is 22.6. The van der Waals surface area contributed by atoms with Crippen LogP contribution in [0.25, 0.3) is 21.5 Å². The summed E-state index contributed by atoms with van der Waals surface area (Å²) in [6.07, 6.45) is 0. The third kappa shape index (κ3) is 6.92. The van der Waals surface area contributed by atoms with Gasteiger partial charge in [0.1, 0.15) is 31.8 Å². The Morgan fingerprint density at radius 3 is 1.88 bits per heavy atom. The van der Waals surface area contributed by atoms with Crippen LogP contribution in [0.1, 0.15) is 10.4 Å². The largest absolute Gasteiger partial charge is 0.507 e. The first-order valence-electron chi connectivity index (χ1n) is 12.9. The smallest absolute Gasteiger partial charge is 0.297 e. The van der Waals surface area contributed by atoms with E-state index < -0.39 is 111 Å². The van der Waals surface area contributed by atoms with Crippen molar-refractivity contribution in [3.8, 4) is 11.5 Å². The van der Waals surface area contributed by atoms with Gasteiger partial charge in [0.15, 0.2) is 5.75 Å². The first kappa shape index (κ1) is 35.2. The molecule has 7 N–H and O–H groups in total. The predicted octanol–water partition coefficient (Wildman–Crippen LogP) is 4.06. The number of aromatic hydroxyl groups is 2. The van der Waals surface area contributed by atoms with Crippen molar-refractivity contribution in [2.24, 2.45) is 10.2 Å². The van der Waals surface area contributed by atoms with Crippen LogP contribution in [0.2, 0.25) is 0 Å². The average molecular weight is 754 g/mol. The molecule has 18 nitrogen and oxygen atoms in total. The Balaban J connectivity index is 1.81. The maximum absolute atomic E-state index is 13.0. The van der Waals surface area contributed by atoms with Crippen molar-refractivity contribution < 1.29 is 66.9 Å². The normalized spacial score (nSPS) is 12.9. The van der Waals surface area contributed by atoms with E-state index in [2.05, 4.69) is 15.5 Å². The molecule has 5 aromatic carbocycles. The number of hydrogen-bond acceptors (Lipinski definition) is 13. The molecule has 0 saturated carbocycles. The van der Waals surface area contributed by atoms with Crippen molar-refractivity contribution in [1.82, 2.24) is 0 Å². The van der Waals surface area contributed by atoms with Crippen LogP contribution in [0.4, 0.5) is 17.1 Å². The third-order valence-electron chi connectivity index (χ3n) is 6.84. The maximum atomic E-state index is 13.0. The zero-order valence-electron chi connectivity index (χ0n) is 23.8. The lowest BCUT2D eigenvalue weighted by molar-refractivity contribution is 0.102. The number of nitrogens with one attached hydrogen (secondary N) is 1. The molecule has 0 heterocycles. The molecular formula is C27H19N3O15S4. The number of phenolic OH excluding ortho intramolecular Hbond substituents is 2. The van der Waals surface area contributed by atoms with Crippen molar-refractivity contribution in [1.29, 1.82) is 0 Å². The topological polar surface area (TPSA) is 312 Å². The summed E-state index contributed by atoms with van der Waals surface area (Å²) in [5.41, 5.74) is -2.82. The van der Waals surface area contributed by atoms with Crippen LogP contribution in [0.5, 0.6) is 11.5 Å². The molecule has 0 aliphatic rings. The van der Waals surface area contributed by atoms with Crippen LogP contribution in [-0.2, 0) is 40.5 Å². The Hall–Kier alpha value is -5.07. The van der Waals surface area contributed by atoms with Crippen LogP contribution in [-0.4, -0.2) is 68.0 Å². The zero-order valence-corrected chi connectivity index (χ0v) is 27.1. The van der Waals surface area contributed by atoms with E-state index in [0.717, 1.165) is 36.4 Å². The summed E-state index contributed by atoms with van der Waals surface area (Å²) in [6.45, 7) is 0. The number of fused-ring (bicyclic) bond motifs is 2. The van der Waals surface area contributed by atoms with Gasteiger partial charge in [-0.15, -0.1) is 10.2 Å². The lowest BCUT2D eigenvalue weighted by Crippen LogP contribution is -2.13. The fourth-order valence-corrected chi connectivity index (χ4v) is 7.56. The van der Waals surface area contributed by atoms with Gasteiger partial charge in [-0.2, -0.15) is 33.7 Å². The molecule has 0 atom stereocenters. The van der Waals surface area contributed by atoms with Gasteiger partial charge >= 0.3 is 0 Å². The number of carbonyl (C=O) groups excluding carboxylic acids is 1. The summed E-state index contributed by atoms with van der Waals surface area (Å²) in [5, 5.41) is 28.9. The Kier molecular flexibility index (Phi) is 8.71. The Morgan fingerprint density at radius 2 is 1.29 bits per heavy atom. The molecule has 0 unspecified atom stereocenters. The molecule has 0 aromatic heterocycles. The quantitative estimate of drug-likeness (QED) is 0.0868. The molecule has 0 bridgehead atoms.